The van der Waals surface area contributed by atoms with E-state index in [0.717, 1.165) is 57.3 Å². The number of aromatic amines is 1. The molecule has 5 aromatic rings. The molecule has 0 radical (unpaired) electrons. The molecule has 280 valence electrons. The second-order valence-electron chi connectivity index (χ2n) is 15.8. The van der Waals surface area contributed by atoms with E-state index >= 15 is 0 Å². The smallest absolute Gasteiger partial charge is 0.465 e. The van der Waals surface area contributed by atoms with Crippen molar-refractivity contribution in [2.24, 2.45) is 5.92 Å². The van der Waals surface area contributed by atoms with Gasteiger partial charge in [-0.2, -0.15) is 0 Å². The third kappa shape index (κ3) is 6.13. The topological polar surface area (TPSA) is 120 Å². The minimum absolute atomic E-state index is 0.129. The summed E-state index contributed by atoms with van der Waals surface area (Å²) in [6.07, 6.45) is 2.14. The number of likely N-dealkylation sites (tertiary alicyclic amines) is 1. The van der Waals surface area contributed by atoms with E-state index in [1.807, 2.05) is 65.8 Å². The van der Waals surface area contributed by atoms with Crippen LogP contribution < -0.4 is 15.5 Å². The number of benzene rings is 3. The quantitative estimate of drug-likeness (QED) is 0.171. The van der Waals surface area contributed by atoms with Crippen LogP contribution >= 0.6 is 0 Å². The van der Waals surface area contributed by atoms with E-state index in [-0.39, 0.29) is 23.7 Å². The predicted octanol–water partition coefficient (Wildman–Crippen LogP) is 7.12. The van der Waals surface area contributed by atoms with Crippen molar-refractivity contribution >= 4 is 35.5 Å². The largest absolute Gasteiger partial charge is 0.494 e. The number of carbonyl (C=O) groups is 2. The van der Waals surface area contributed by atoms with E-state index in [9.17, 15) is 14.0 Å². The first-order valence-electron chi connectivity index (χ1n) is 18.5. The zero-order valence-corrected chi connectivity index (χ0v) is 31.6. The van der Waals surface area contributed by atoms with E-state index in [4.69, 9.17) is 23.8 Å². The molecule has 0 spiro atoms. The fourth-order valence-corrected chi connectivity index (χ4v) is 7.70. The van der Waals surface area contributed by atoms with Gasteiger partial charge in [-0.05, 0) is 88.3 Å². The van der Waals surface area contributed by atoms with Crippen LogP contribution in [0.25, 0.3) is 33.4 Å². The Balaban J connectivity index is 1.13. The van der Waals surface area contributed by atoms with Gasteiger partial charge < -0.3 is 38.6 Å². The number of aromatic nitrogens is 3. The maximum atomic E-state index is 14.1. The highest BCUT2D eigenvalue weighted by Gasteiger charge is 2.52. The molecule has 13 heteroatoms. The molecule has 5 heterocycles. The zero-order valence-electron chi connectivity index (χ0n) is 31.6. The van der Waals surface area contributed by atoms with Gasteiger partial charge in [0.2, 0.25) is 12.1 Å². The van der Waals surface area contributed by atoms with Gasteiger partial charge in [-0.1, -0.05) is 44.2 Å². The molecule has 3 aromatic carbocycles. The number of H-pyrrole nitrogens is 1. The van der Waals surface area contributed by atoms with Gasteiger partial charge in [0.05, 0.1) is 47.5 Å². The number of hydrogen-bond acceptors (Lipinski definition) is 7. The number of ether oxygens (including phenoxy) is 2. The lowest BCUT2D eigenvalue weighted by Crippen LogP contribution is -2.51. The van der Waals surface area contributed by atoms with Crippen molar-refractivity contribution in [3.05, 3.63) is 90.1 Å². The van der Waals surface area contributed by atoms with Gasteiger partial charge in [-0.3, -0.25) is 4.79 Å². The summed E-state index contributed by atoms with van der Waals surface area (Å²) in [6.45, 7) is 12.5. The van der Waals surface area contributed by atoms with Crippen LogP contribution in [0.4, 0.5) is 9.18 Å². The molecule has 0 saturated carbocycles. The van der Waals surface area contributed by atoms with Crippen LogP contribution in [-0.2, 0) is 18.8 Å². The number of alkyl carbamates (subject to hydrolysis) is 1. The number of imidazole rings is 1. The molecule has 2 aromatic heterocycles. The molecule has 8 rings (SSSR count). The van der Waals surface area contributed by atoms with Crippen LogP contribution in [0.5, 0.6) is 5.75 Å². The number of nitrogens with one attached hydrogen (secondary N) is 2. The minimum atomic E-state index is -0.717. The first-order chi connectivity index (χ1) is 25.7. The number of carbonyl (C=O) groups excluding carboxylic acids is 2. The molecule has 2 fully saturated rings. The molecule has 0 bridgehead atoms. The average Bonchev–Trinajstić information content (AvgIpc) is 3.94. The van der Waals surface area contributed by atoms with Crippen molar-refractivity contribution < 1.29 is 32.8 Å². The summed E-state index contributed by atoms with van der Waals surface area (Å²) in [5.74, 6) is 0.736. The molecule has 0 aliphatic carbocycles. The van der Waals surface area contributed by atoms with Gasteiger partial charge in [0.15, 0.2) is 0 Å². The number of hydrogen-bond donors (Lipinski definition) is 2. The number of nitrogens with zero attached hydrogens (tertiary/aromatic N) is 3. The van der Waals surface area contributed by atoms with Gasteiger partial charge in [0.25, 0.3) is 0 Å². The average molecular weight is 734 g/mol. The lowest BCUT2D eigenvalue weighted by molar-refractivity contribution is -0.135. The number of fused-ring (bicyclic) bond motifs is 5. The lowest BCUT2D eigenvalue weighted by Gasteiger charge is -2.32. The Morgan fingerprint density at radius 3 is 2.46 bits per heavy atom. The lowest BCUT2D eigenvalue weighted by atomic mass is 9.78. The second-order valence-corrected chi connectivity index (χ2v) is 15.8. The summed E-state index contributed by atoms with van der Waals surface area (Å²) in [5.41, 5.74) is 5.28. The van der Waals surface area contributed by atoms with E-state index in [1.54, 1.807) is 23.2 Å². The summed E-state index contributed by atoms with van der Waals surface area (Å²) >= 11 is 0. The molecular formula is C41H45BFN5O6. The number of rotatable bonds is 7. The minimum Gasteiger partial charge on any atom is -0.465 e. The molecule has 11 nitrogen and oxygen atoms in total. The van der Waals surface area contributed by atoms with Crippen molar-refractivity contribution in [3.63, 3.8) is 0 Å². The van der Waals surface area contributed by atoms with Gasteiger partial charge >= 0.3 is 13.2 Å². The van der Waals surface area contributed by atoms with Crippen LogP contribution in [0.2, 0.25) is 0 Å². The highest BCUT2D eigenvalue weighted by Crippen LogP contribution is 2.46. The van der Waals surface area contributed by atoms with E-state index in [1.165, 1.54) is 19.2 Å². The third-order valence-electron chi connectivity index (χ3n) is 11.4. The van der Waals surface area contributed by atoms with Crippen molar-refractivity contribution in [1.29, 1.82) is 0 Å². The normalized spacial score (nSPS) is 20.5. The van der Waals surface area contributed by atoms with Crippen molar-refractivity contribution in [3.8, 4) is 28.3 Å². The summed E-state index contributed by atoms with van der Waals surface area (Å²) < 4.78 is 40.6. The number of halogens is 1. The maximum absolute atomic E-state index is 14.1. The Kier molecular flexibility index (Phi) is 8.84. The van der Waals surface area contributed by atoms with Crippen LogP contribution in [0.15, 0.2) is 72.9 Å². The Morgan fingerprint density at radius 2 is 1.76 bits per heavy atom. The van der Waals surface area contributed by atoms with Crippen molar-refractivity contribution in [1.82, 2.24) is 24.8 Å². The molecule has 2 amide bonds. The van der Waals surface area contributed by atoms with E-state index in [0.29, 0.717) is 18.1 Å². The SMILES string of the molecule is COC(=O)N[C@H](C(=O)N1CCC[C@H]1c1ncc(-c2ccc3c(c2)OC(c2ccc(F)cc2)n2c-3cc3cc(B4OC(C)(C)C(C)(C)O4)ccc32)[nH]1)C(C)C. The molecule has 2 saturated heterocycles. The number of methoxy groups -OCH3 is 1. The fourth-order valence-electron chi connectivity index (χ4n) is 7.70. The molecule has 54 heavy (non-hydrogen) atoms. The molecule has 2 N–H and O–H groups in total. The van der Waals surface area contributed by atoms with Crippen LogP contribution in [0.3, 0.4) is 0 Å². The third-order valence-corrected chi connectivity index (χ3v) is 11.4. The van der Waals surface area contributed by atoms with Gasteiger partial charge in [-0.25, -0.2) is 14.2 Å². The van der Waals surface area contributed by atoms with Gasteiger partial charge in [-0.15, -0.1) is 0 Å². The van der Waals surface area contributed by atoms with Crippen molar-refractivity contribution in [2.75, 3.05) is 13.7 Å². The maximum Gasteiger partial charge on any atom is 0.494 e. The van der Waals surface area contributed by atoms with Crippen LogP contribution in [-0.4, -0.2) is 69.5 Å². The van der Waals surface area contributed by atoms with Crippen LogP contribution in [0.1, 0.15) is 78.0 Å². The zero-order chi connectivity index (χ0) is 38.1. The first-order valence-corrected chi connectivity index (χ1v) is 18.5. The van der Waals surface area contributed by atoms with Gasteiger partial charge in [0, 0.05) is 28.6 Å². The monoisotopic (exact) mass is 733 g/mol. The molecule has 3 aliphatic heterocycles. The summed E-state index contributed by atoms with van der Waals surface area (Å²) in [6, 6.07) is 19.9. The predicted molar refractivity (Wildman–Crippen MR) is 204 cm³/mol. The Morgan fingerprint density at radius 1 is 1.02 bits per heavy atom. The highest BCUT2D eigenvalue weighted by atomic mass is 19.1. The van der Waals surface area contributed by atoms with Gasteiger partial charge in [0.1, 0.15) is 23.4 Å². The molecular weight excluding hydrogens is 688 g/mol. The fraction of sp³-hybridized carbons (Fsp3) is 0.390. The Labute approximate surface area is 314 Å². The Hall–Kier alpha value is -5.14. The second kappa shape index (κ2) is 13.3. The van der Waals surface area contributed by atoms with E-state index in [2.05, 4.69) is 33.1 Å². The molecule has 3 atom stereocenters. The molecule has 3 aliphatic rings. The highest BCUT2D eigenvalue weighted by molar-refractivity contribution is 6.62. The molecule has 1 unspecified atom stereocenters. The summed E-state index contributed by atoms with van der Waals surface area (Å²) in [5, 5.41) is 3.70. The van der Waals surface area contributed by atoms with Crippen molar-refractivity contribution in [2.45, 2.75) is 83.9 Å². The Bertz CT molecular complexity index is 2230. The first kappa shape index (κ1) is 35.9. The number of amides is 2. The van der Waals surface area contributed by atoms with E-state index < -0.39 is 36.7 Å². The summed E-state index contributed by atoms with van der Waals surface area (Å²) in [7, 11) is 0.783. The standard InChI is InChI=1S/C41H45BFN5O6/c1-23(2)35(46-39(50)51-7)37(49)47-18-8-9-32(47)36-44-22-30(45-36)25-12-16-29-33-20-26-19-27(42-53-40(3,4)41(5,6)54-42)13-17-31(26)48(33)38(52-34(29)21-25)24-10-14-28(43)15-11-24/h10-17,19-23,32,35,38H,8-9,18H2,1-7H3,(H,44,45)(H,46,50)/t32-,35-,38?/m0/s1. The summed E-state index contributed by atoms with van der Waals surface area (Å²) in [4.78, 5) is 35.7. The van der Waals surface area contributed by atoms with Crippen LogP contribution in [0, 0.1) is 11.7 Å².